The summed E-state index contributed by atoms with van der Waals surface area (Å²) in [5.74, 6) is 1.16. The van der Waals surface area contributed by atoms with Gasteiger partial charge in [0, 0.05) is 5.56 Å². The van der Waals surface area contributed by atoms with Crippen LogP contribution in [0.5, 0.6) is 11.5 Å². The van der Waals surface area contributed by atoms with Crippen molar-refractivity contribution in [3.05, 3.63) is 89.5 Å². The van der Waals surface area contributed by atoms with E-state index in [1.165, 1.54) is 0 Å². The lowest BCUT2D eigenvalue weighted by Crippen LogP contribution is -2.12. The Labute approximate surface area is 153 Å². The normalized spacial score (nSPS) is 10.2. The van der Waals surface area contributed by atoms with Crippen molar-refractivity contribution < 1.29 is 14.3 Å². The van der Waals surface area contributed by atoms with E-state index in [0.717, 1.165) is 16.9 Å². The number of carbonyl (C=O) groups is 1. The molecule has 26 heavy (non-hydrogen) atoms. The van der Waals surface area contributed by atoms with Crippen molar-refractivity contribution in [1.29, 1.82) is 0 Å². The Balaban J connectivity index is 1.64. The van der Waals surface area contributed by atoms with Gasteiger partial charge < -0.3 is 14.8 Å². The van der Waals surface area contributed by atoms with Crippen LogP contribution in [0.3, 0.4) is 0 Å². The second-order valence-corrected chi connectivity index (χ2v) is 5.96. The van der Waals surface area contributed by atoms with E-state index in [-0.39, 0.29) is 5.91 Å². The topological polar surface area (TPSA) is 47.6 Å². The first-order valence-electron chi connectivity index (χ1n) is 8.38. The summed E-state index contributed by atoms with van der Waals surface area (Å²) in [4.78, 5) is 12.5. The molecule has 0 fully saturated rings. The molecular formula is C22H21NO3. The Bertz CT molecular complexity index is 874. The third kappa shape index (κ3) is 4.42. The average Bonchev–Trinajstić information content (AvgIpc) is 2.68. The molecule has 0 aliphatic heterocycles. The standard InChI is InChI=1S/C22H21NO3/c1-16-8-13-21(25-2)20(14-16)23-22(24)18-9-11-19(12-10-18)26-15-17-6-4-3-5-7-17/h3-14H,15H2,1-2H3,(H,23,24). The van der Waals surface area contributed by atoms with Crippen LogP contribution in [-0.4, -0.2) is 13.0 Å². The van der Waals surface area contributed by atoms with Crippen LogP contribution >= 0.6 is 0 Å². The van der Waals surface area contributed by atoms with Crippen LogP contribution in [-0.2, 0) is 6.61 Å². The molecule has 0 saturated carbocycles. The van der Waals surface area contributed by atoms with Gasteiger partial charge >= 0.3 is 0 Å². The smallest absolute Gasteiger partial charge is 0.255 e. The van der Waals surface area contributed by atoms with Crippen LogP contribution in [0.25, 0.3) is 0 Å². The van der Waals surface area contributed by atoms with Gasteiger partial charge in [0.1, 0.15) is 18.1 Å². The lowest BCUT2D eigenvalue weighted by molar-refractivity contribution is 0.102. The van der Waals surface area contributed by atoms with Crippen molar-refractivity contribution >= 4 is 11.6 Å². The molecular weight excluding hydrogens is 326 g/mol. The molecule has 0 saturated heterocycles. The van der Waals surface area contributed by atoms with Gasteiger partial charge in [0.2, 0.25) is 0 Å². The first-order chi connectivity index (χ1) is 12.7. The lowest BCUT2D eigenvalue weighted by Gasteiger charge is -2.11. The number of carbonyl (C=O) groups excluding carboxylic acids is 1. The Morgan fingerprint density at radius 2 is 1.69 bits per heavy atom. The van der Waals surface area contributed by atoms with Crippen LogP contribution in [0.2, 0.25) is 0 Å². The molecule has 0 radical (unpaired) electrons. The minimum Gasteiger partial charge on any atom is -0.495 e. The summed E-state index contributed by atoms with van der Waals surface area (Å²) in [7, 11) is 1.58. The first kappa shape index (κ1) is 17.5. The summed E-state index contributed by atoms with van der Waals surface area (Å²) in [5, 5.41) is 2.89. The van der Waals surface area contributed by atoms with Gasteiger partial charge in [-0.1, -0.05) is 36.4 Å². The van der Waals surface area contributed by atoms with Crippen molar-refractivity contribution in [2.45, 2.75) is 13.5 Å². The van der Waals surface area contributed by atoms with Crippen LogP contribution < -0.4 is 14.8 Å². The monoisotopic (exact) mass is 347 g/mol. The molecule has 1 amide bonds. The molecule has 3 aromatic carbocycles. The van der Waals surface area contributed by atoms with Gasteiger partial charge in [-0.05, 0) is 54.4 Å². The molecule has 0 unspecified atom stereocenters. The first-order valence-corrected chi connectivity index (χ1v) is 8.38. The summed E-state index contributed by atoms with van der Waals surface area (Å²) >= 11 is 0. The van der Waals surface area contributed by atoms with Gasteiger partial charge in [-0.25, -0.2) is 0 Å². The fraction of sp³-hybridized carbons (Fsp3) is 0.136. The number of nitrogens with one attached hydrogen (secondary N) is 1. The van der Waals surface area contributed by atoms with Gasteiger partial charge in [0.25, 0.3) is 5.91 Å². The van der Waals surface area contributed by atoms with Gasteiger partial charge in [0.15, 0.2) is 0 Å². The summed E-state index contributed by atoms with van der Waals surface area (Å²) in [6, 6.07) is 22.7. The SMILES string of the molecule is COc1ccc(C)cc1NC(=O)c1ccc(OCc2ccccc2)cc1. The summed E-state index contributed by atoms with van der Waals surface area (Å²) in [6.45, 7) is 2.46. The van der Waals surface area contributed by atoms with Crippen molar-refractivity contribution in [2.24, 2.45) is 0 Å². The number of methoxy groups -OCH3 is 1. The van der Waals surface area contributed by atoms with E-state index in [4.69, 9.17) is 9.47 Å². The van der Waals surface area contributed by atoms with Crippen LogP contribution in [0.1, 0.15) is 21.5 Å². The van der Waals surface area contributed by atoms with E-state index >= 15 is 0 Å². The second kappa shape index (κ2) is 8.21. The molecule has 0 aromatic heterocycles. The molecule has 3 rings (SSSR count). The van der Waals surface area contributed by atoms with E-state index in [2.05, 4.69) is 5.32 Å². The van der Waals surface area contributed by atoms with Crippen LogP contribution in [0.15, 0.2) is 72.8 Å². The number of hydrogen-bond acceptors (Lipinski definition) is 3. The van der Waals surface area contributed by atoms with Gasteiger partial charge in [0.05, 0.1) is 12.8 Å². The van der Waals surface area contributed by atoms with E-state index in [0.29, 0.717) is 23.6 Å². The quantitative estimate of drug-likeness (QED) is 0.694. The predicted octanol–water partition coefficient (Wildman–Crippen LogP) is 4.83. The van der Waals surface area contributed by atoms with Crippen molar-refractivity contribution in [1.82, 2.24) is 0 Å². The highest BCUT2D eigenvalue weighted by Crippen LogP contribution is 2.26. The zero-order valence-corrected chi connectivity index (χ0v) is 14.9. The Kier molecular flexibility index (Phi) is 5.54. The van der Waals surface area contributed by atoms with E-state index in [9.17, 15) is 4.79 Å². The number of anilines is 1. The zero-order chi connectivity index (χ0) is 18.4. The van der Waals surface area contributed by atoms with Crippen molar-refractivity contribution in [3.63, 3.8) is 0 Å². The number of benzene rings is 3. The fourth-order valence-electron chi connectivity index (χ4n) is 2.56. The number of rotatable bonds is 6. The van der Waals surface area contributed by atoms with Crippen molar-refractivity contribution in [3.8, 4) is 11.5 Å². The maximum atomic E-state index is 12.5. The minimum atomic E-state index is -0.191. The number of ether oxygens (including phenoxy) is 2. The molecule has 0 aliphatic rings. The lowest BCUT2D eigenvalue weighted by atomic mass is 10.1. The molecule has 132 valence electrons. The molecule has 3 aromatic rings. The van der Waals surface area contributed by atoms with E-state index in [1.807, 2.05) is 55.5 Å². The maximum absolute atomic E-state index is 12.5. The van der Waals surface area contributed by atoms with Crippen LogP contribution in [0.4, 0.5) is 5.69 Å². The summed E-state index contributed by atoms with van der Waals surface area (Å²) in [6.07, 6.45) is 0. The zero-order valence-electron chi connectivity index (χ0n) is 14.9. The fourth-order valence-corrected chi connectivity index (χ4v) is 2.56. The van der Waals surface area contributed by atoms with E-state index in [1.54, 1.807) is 31.4 Å². The molecule has 4 nitrogen and oxygen atoms in total. The Morgan fingerprint density at radius 1 is 0.962 bits per heavy atom. The highest BCUT2D eigenvalue weighted by molar-refractivity contribution is 6.05. The van der Waals surface area contributed by atoms with E-state index < -0.39 is 0 Å². The minimum absolute atomic E-state index is 0.191. The predicted molar refractivity (Wildman–Crippen MR) is 103 cm³/mol. The summed E-state index contributed by atoms with van der Waals surface area (Å²) < 4.78 is 11.0. The maximum Gasteiger partial charge on any atom is 0.255 e. The van der Waals surface area contributed by atoms with Gasteiger partial charge in [-0.15, -0.1) is 0 Å². The summed E-state index contributed by atoms with van der Waals surface area (Å²) in [5.41, 5.74) is 3.36. The molecule has 0 aliphatic carbocycles. The average molecular weight is 347 g/mol. The third-order valence-electron chi connectivity index (χ3n) is 3.97. The molecule has 4 heteroatoms. The Hall–Kier alpha value is -3.27. The third-order valence-corrected chi connectivity index (χ3v) is 3.97. The second-order valence-electron chi connectivity index (χ2n) is 5.96. The van der Waals surface area contributed by atoms with Gasteiger partial charge in [-0.3, -0.25) is 4.79 Å². The number of hydrogen-bond donors (Lipinski definition) is 1. The highest BCUT2D eigenvalue weighted by Gasteiger charge is 2.10. The van der Waals surface area contributed by atoms with Gasteiger partial charge in [-0.2, -0.15) is 0 Å². The molecule has 1 N–H and O–H groups in total. The van der Waals surface area contributed by atoms with Crippen molar-refractivity contribution in [2.75, 3.05) is 12.4 Å². The molecule has 0 atom stereocenters. The molecule has 0 spiro atoms. The van der Waals surface area contributed by atoms with Crippen LogP contribution in [0, 0.1) is 6.92 Å². The highest BCUT2D eigenvalue weighted by atomic mass is 16.5. The Morgan fingerprint density at radius 3 is 2.38 bits per heavy atom. The number of amides is 1. The molecule has 0 heterocycles. The largest absolute Gasteiger partial charge is 0.495 e. The molecule has 0 bridgehead atoms. The number of aryl methyl sites for hydroxylation is 1.